The van der Waals surface area contributed by atoms with Gasteiger partial charge in [0, 0.05) is 43.8 Å². The lowest BCUT2D eigenvalue weighted by molar-refractivity contribution is -0.135. The number of carbonyl (C=O) groups excluding carboxylic acids is 1. The lowest BCUT2D eigenvalue weighted by Crippen LogP contribution is -2.45. The van der Waals surface area contributed by atoms with Gasteiger partial charge in [0.05, 0.1) is 6.04 Å². The van der Waals surface area contributed by atoms with Gasteiger partial charge in [-0.05, 0) is 54.7 Å². The molecule has 0 aromatic heterocycles. The Labute approximate surface area is 208 Å². The normalized spacial score (nSPS) is 18.2. The van der Waals surface area contributed by atoms with Crippen LogP contribution in [0.1, 0.15) is 31.4 Å². The number of rotatable bonds is 9. The number of nitrogens with one attached hydrogen (secondary N) is 1. The van der Waals surface area contributed by atoms with E-state index in [1.807, 2.05) is 23.1 Å². The first-order chi connectivity index (χ1) is 16.6. The molecule has 1 amide bonds. The fraction of sp³-hybridized carbons (Fsp3) is 0.345. The van der Waals surface area contributed by atoms with Gasteiger partial charge in [-0.3, -0.25) is 9.69 Å². The van der Waals surface area contributed by atoms with E-state index >= 15 is 0 Å². The van der Waals surface area contributed by atoms with Gasteiger partial charge in [-0.1, -0.05) is 78.3 Å². The van der Waals surface area contributed by atoms with Crippen LogP contribution in [0.15, 0.2) is 78.9 Å². The zero-order chi connectivity index (χ0) is 23.9. The van der Waals surface area contributed by atoms with Crippen LogP contribution in [-0.4, -0.2) is 47.4 Å². The maximum atomic E-state index is 13.3. The van der Waals surface area contributed by atoms with E-state index in [1.54, 1.807) is 0 Å². The van der Waals surface area contributed by atoms with Gasteiger partial charge in [0.1, 0.15) is 0 Å². The third-order valence-electron chi connectivity index (χ3n) is 6.72. The highest BCUT2D eigenvalue weighted by atomic mass is 35.5. The Morgan fingerprint density at radius 1 is 0.912 bits per heavy atom. The van der Waals surface area contributed by atoms with E-state index in [0.29, 0.717) is 0 Å². The second-order valence-electron chi connectivity index (χ2n) is 8.96. The summed E-state index contributed by atoms with van der Waals surface area (Å²) in [4.78, 5) is 17.6. The maximum absolute atomic E-state index is 13.3. The Balaban J connectivity index is 1.41. The molecule has 0 saturated carbocycles. The van der Waals surface area contributed by atoms with Crippen LogP contribution in [0.25, 0.3) is 11.1 Å². The van der Waals surface area contributed by atoms with Gasteiger partial charge in [0.25, 0.3) is 0 Å². The fourth-order valence-corrected chi connectivity index (χ4v) is 4.89. The smallest absolute Gasteiger partial charge is 0.239 e. The van der Waals surface area contributed by atoms with Crippen molar-refractivity contribution >= 4 is 17.5 Å². The van der Waals surface area contributed by atoms with Crippen LogP contribution in [0, 0.1) is 0 Å². The highest BCUT2D eigenvalue weighted by molar-refractivity contribution is 6.30. The number of halogens is 1. The fourth-order valence-electron chi connectivity index (χ4n) is 4.76. The average Bonchev–Trinajstić information content (AvgIpc) is 3.28. The molecule has 1 aliphatic heterocycles. The summed E-state index contributed by atoms with van der Waals surface area (Å²) in [5.41, 5.74) is 4.89. The van der Waals surface area contributed by atoms with E-state index in [9.17, 15) is 4.79 Å². The number of nitrogens with zero attached hydrogens (tertiary/aromatic N) is 2. The van der Waals surface area contributed by atoms with Crippen LogP contribution >= 0.6 is 11.6 Å². The first kappa shape index (κ1) is 24.5. The van der Waals surface area contributed by atoms with Crippen molar-refractivity contribution in [3.63, 3.8) is 0 Å². The maximum Gasteiger partial charge on any atom is 0.239 e. The van der Waals surface area contributed by atoms with Gasteiger partial charge in [0.2, 0.25) is 5.91 Å². The van der Waals surface area contributed by atoms with Crippen LogP contribution in [0.2, 0.25) is 5.02 Å². The van der Waals surface area contributed by atoms with Gasteiger partial charge in [0.15, 0.2) is 0 Å². The summed E-state index contributed by atoms with van der Waals surface area (Å²) < 4.78 is 0. The Hall–Kier alpha value is -2.66. The van der Waals surface area contributed by atoms with Crippen LogP contribution in [-0.2, 0) is 17.9 Å². The largest absolute Gasteiger partial charge is 0.342 e. The molecule has 3 aromatic rings. The van der Waals surface area contributed by atoms with Crippen molar-refractivity contribution in [2.75, 3.05) is 19.6 Å². The van der Waals surface area contributed by atoms with E-state index in [2.05, 4.69) is 84.7 Å². The van der Waals surface area contributed by atoms with Crippen LogP contribution < -0.4 is 5.32 Å². The quantitative estimate of drug-likeness (QED) is 0.437. The molecule has 34 heavy (non-hydrogen) atoms. The minimum Gasteiger partial charge on any atom is -0.342 e. The number of likely N-dealkylation sites (N-methyl/N-ethyl adjacent to an activating group) is 1. The van der Waals surface area contributed by atoms with E-state index in [0.717, 1.165) is 44.2 Å². The number of hydrogen-bond donors (Lipinski definition) is 1. The van der Waals surface area contributed by atoms with Crippen LogP contribution in [0.5, 0.6) is 0 Å². The molecule has 1 fully saturated rings. The molecule has 0 spiro atoms. The van der Waals surface area contributed by atoms with Gasteiger partial charge >= 0.3 is 0 Å². The highest BCUT2D eigenvalue weighted by Crippen LogP contribution is 2.24. The summed E-state index contributed by atoms with van der Waals surface area (Å²) >= 11 is 6.07. The molecule has 3 aromatic carbocycles. The van der Waals surface area contributed by atoms with Gasteiger partial charge in [-0.2, -0.15) is 0 Å². The van der Waals surface area contributed by atoms with Gasteiger partial charge in [-0.15, -0.1) is 0 Å². The highest BCUT2D eigenvalue weighted by Gasteiger charge is 2.38. The Bertz CT molecular complexity index is 1050. The summed E-state index contributed by atoms with van der Waals surface area (Å²) in [7, 11) is 0. The molecule has 4 nitrogen and oxygen atoms in total. The van der Waals surface area contributed by atoms with Crippen molar-refractivity contribution in [3.8, 4) is 11.1 Å². The Morgan fingerprint density at radius 2 is 1.53 bits per heavy atom. The van der Waals surface area contributed by atoms with Crippen molar-refractivity contribution in [3.05, 3.63) is 95.0 Å². The van der Waals surface area contributed by atoms with Crippen molar-refractivity contribution in [2.24, 2.45) is 0 Å². The third-order valence-corrected chi connectivity index (χ3v) is 6.97. The summed E-state index contributed by atoms with van der Waals surface area (Å²) in [6, 6.07) is 27.3. The standard InChI is InChI=1S/C29H34ClN3O/c1-3-32(4-2)29(34)28-18-27(21-33(28)20-23-12-16-26(30)17-13-23)31-19-22-10-14-25(15-11-22)24-8-6-5-7-9-24/h5-17,27-28,31H,3-4,18-21H2,1-2H3/t27-,28-/m0/s1. The van der Waals surface area contributed by atoms with E-state index in [1.165, 1.54) is 22.3 Å². The van der Waals surface area contributed by atoms with Crippen LogP contribution in [0.4, 0.5) is 0 Å². The SMILES string of the molecule is CCN(CC)C(=O)[C@@H]1C[C@H](NCc2ccc(-c3ccccc3)cc2)CN1Cc1ccc(Cl)cc1. The molecule has 0 radical (unpaired) electrons. The van der Waals surface area contributed by atoms with E-state index in [4.69, 9.17) is 11.6 Å². The molecule has 4 rings (SSSR count). The molecule has 0 aliphatic carbocycles. The number of carbonyl (C=O) groups is 1. The van der Waals surface area contributed by atoms with Crippen molar-refractivity contribution in [1.29, 1.82) is 0 Å². The number of hydrogen-bond acceptors (Lipinski definition) is 3. The van der Waals surface area contributed by atoms with Crippen molar-refractivity contribution in [1.82, 2.24) is 15.1 Å². The number of amides is 1. The Kier molecular flexibility index (Phi) is 8.39. The number of benzene rings is 3. The molecule has 2 atom stereocenters. The zero-order valence-corrected chi connectivity index (χ0v) is 20.8. The molecule has 1 saturated heterocycles. The van der Waals surface area contributed by atoms with Gasteiger partial charge in [-0.25, -0.2) is 0 Å². The van der Waals surface area contributed by atoms with Gasteiger partial charge < -0.3 is 10.2 Å². The predicted octanol–water partition coefficient (Wildman–Crippen LogP) is 5.61. The molecule has 0 bridgehead atoms. The molecular formula is C29H34ClN3O. The summed E-state index contributed by atoms with van der Waals surface area (Å²) in [5.74, 6) is 0.232. The lowest BCUT2D eigenvalue weighted by atomic mass is 10.0. The minimum atomic E-state index is -0.103. The predicted molar refractivity (Wildman–Crippen MR) is 141 cm³/mol. The molecule has 1 N–H and O–H groups in total. The zero-order valence-electron chi connectivity index (χ0n) is 20.1. The molecular weight excluding hydrogens is 442 g/mol. The molecule has 178 valence electrons. The van der Waals surface area contributed by atoms with Crippen molar-refractivity contribution < 1.29 is 4.79 Å². The minimum absolute atomic E-state index is 0.103. The molecule has 1 heterocycles. The second-order valence-corrected chi connectivity index (χ2v) is 9.40. The molecule has 5 heteroatoms. The summed E-state index contributed by atoms with van der Waals surface area (Å²) in [5, 5.41) is 4.44. The summed E-state index contributed by atoms with van der Waals surface area (Å²) in [6.07, 6.45) is 0.824. The second kappa shape index (κ2) is 11.7. The number of likely N-dealkylation sites (tertiary alicyclic amines) is 1. The van der Waals surface area contributed by atoms with Crippen LogP contribution in [0.3, 0.4) is 0 Å². The third kappa shape index (κ3) is 6.06. The average molecular weight is 476 g/mol. The first-order valence-corrected chi connectivity index (χ1v) is 12.6. The molecule has 1 aliphatic rings. The van der Waals surface area contributed by atoms with E-state index in [-0.39, 0.29) is 18.0 Å². The van der Waals surface area contributed by atoms with Crippen molar-refractivity contribution in [2.45, 2.75) is 45.4 Å². The Morgan fingerprint density at radius 3 is 2.18 bits per heavy atom. The molecule has 0 unspecified atom stereocenters. The monoisotopic (exact) mass is 475 g/mol. The lowest BCUT2D eigenvalue weighted by Gasteiger charge is -2.28. The topological polar surface area (TPSA) is 35.6 Å². The summed E-state index contributed by atoms with van der Waals surface area (Å²) in [6.45, 7) is 7.98. The first-order valence-electron chi connectivity index (χ1n) is 12.2. The van der Waals surface area contributed by atoms with E-state index < -0.39 is 0 Å².